The van der Waals surface area contributed by atoms with E-state index in [1.165, 1.54) is 16.2 Å². The van der Waals surface area contributed by atoms with Crippen LogP contribution in [0.4, 0.5) is 5.13 Å². The largest absolute Gasteiger partial charge is 0.370 e. The van der Waals surface area contributed by atoms with Gasteiger partial charge in [-0.1, -0.05) is 23.5 Å². The number of amides is 3. The second kappa shape index (κ2) is 8.98. The van der Waals surface area contributed by atoms with Gasteiger partial charge in [-0.15, -0.1) is 0 Å². The lowest BCUT2D eigenvalue weighted by Crippen LogP contribution is -3.14. The number of hydrogen-bond acceptors (Lipinski definition) is 6. The van der Waals surface area contributed by atoms with Gasteiger partial charge >= 0.3 is 0 Å². The number of aromatic nitrogens is 1. The summed E-state index contributed by atoms with van der Waals surface area (Å²) in [6, 6.07) is 7.76. The minimum atomic E-state index is -0.273. The zero-order valence-electron chi connectivity index (χ0n) is 16.3. The third-order valence-corrected chi connectivity index (χ3v) is 6.43. The van der Waals surface area contributed by atoms with E-state index in [1.807, 2.05) is 24.3 Å². The highest BCUT2D eigenvalue weighted by Crippen LogP contribution is 2.29. The molecule has 0 atom stereocenters. The van der Waals surface area contributed by atoms with E-state index in [2.05, 4.69) is 4.98 Å². The fourth-order valence-corrected chi connectivity index (χ4v) is 4.73. The monoisotopic (exact) mass is 417 g/mol. The smallest absolute Gasteiger partial charge is 0.248 e. The average Bonchev–Trinajstić information content (AvgIpc) is 3.30. The summed E-state index contributed by atoms with van der Waals surface area (Å²) in [6.45, 7) is 4.75. The molecule has 29 heavy (non-hydrogen) atoms. The number of anilines is 1. The molecule has 0 saturated carbocycles. The van der Waals surface area contributed by atoms with Gasteiger partial charge in [0.2, 0.25) is 17.7 Å². The van der Waals surface area contributed by atoms with Crippen molar-refractivity contribution in [2.24, 2.45) is 0 Å². The lowest BCUT2D eigenvalue weighted by atomic mass is 10.3. The van der Waals surface area contributed by atoms with Crippen LogP contribution in [0.15, 0.2) is 24.3 Å². The number of thiazole rings is 1. The molecule has 8 nitrogen and oxygen atoms in total. The van der Waals surface area contributed by atoms with E-state index < -0.39 is 0 Å². The number of fused-ring (bicyclic) bond motifs is 1. The maximum Gasteiger partial charge on any atom is 0.248 e. The number of nitrogens with zero attached hydrogens (tertiary/aromatic N) is 3. The van der Waals surface area contributed by atoms with Crippen molar-refractivity contribution in [1.82, 2.24) is 9.88 Å². The molecule has 0 spiro atoms. The van der Waals surface area contributed by atoms with Gasteiger partial charge in [-0.2, -0.15) is 0 Å². The number of rotatable bonds is 7. The number of nitrogens with one attached hydrogen (secondary N) is 1. The van der Waals surface area contributed by atoms with Gasteiger partial charge in [0.05, 0.1) is 30.0 Å². The van der Waals surface area contributed by atoms with Crippen LogP contribution >= 0.6 is 11.3 Å². The normalized spacial score (nSPS) is 18.0. The number of morpholine rings is 1. The molecule has 2 fully saturated rings. The molecule has 9 heteroatoms. The van der Waals surface area contributed by atoms with Crippen LogP contribution in [0.3, 0.4) is 0 Å². The topological polar surface area (TPSA) is 84.2 Å². The molecule has 1 aromatic heterocycles. The minimum Gasteiger partial charge on any atom is -0.370 e. The lowest BCUT2D eigenvalue weighted by molar-refractivity contribution is -0.908. The predicted octanol–water partition coefficient (Wildman–Crippen LogP) is 0.0835. The van der Waals surface area contributed by atoms with Crippen LogP contribution in [0.25, 0.3) is 10.2 Å². The molecule has 2 saturated heterocycles. The fourth-order valence-electron chi connectivity index (χ4n) is 3.72. The summed E-state index contributed by atoms with van der Waals surface area (Å²) in [6.07, 6.45) is 1.19. The summed E-state index contributed by atoms with van der Waals surface area (Å²) in [5.74, 6) is -0.805. The molecule has 1 aromatic carbocycles. The van der Waals surface area contributed by atoms with Crippen LogP contribution in [0, 0.1) is 0 Å². The highest BCUT2D eigenvalue weighted by molar-refractivity contribution is 7.22. The van der Waals surface area contributed by atoms with Crippen molar-refractivity contribution in [2.45, 2.75) is 19.3 Å². The number of hydrogen-bond donors (Lipinski definition) is 1. The van der Waals surface area contributed by atoms with E-state index in [-0.39, 0.29) is 37.1 Å². The summed E-state index contributed by atoms with van der Waals surface area (Å²) >= 11 is 1.46. The second-order valence-electron chi connectivity index (χ2n) is 7.35. The van der Waals surface area contributed by atoms with Gasteiger partial charge in [0.1, 0.15) is 19.6 Å². The van der Waals surface area contributed by atoms with E-state index in [0.717, 1.165) is 54.4 Å². The number of carbonyl (C=O) groups excluding carboxylic acids is 3. The fraction of sp³-hybridized carbons (Fsp3) is 0.500. The Kier molecular flexibility index (Phi) is 6.17. The van der Waals surface area contributed by atoms with Gasteiger partial charge in [0.15, 0.2) is 5.13 Å². The van der Waals surface area contributed by atoms with E-state index in [0.29, 0.717) is 11.7 Å². The molecule has 1 N–H and O–H groups in total. The maximum absolute atomic E-state index is 13.1. The Hall–Kier alpha value is -2.36. The van der Waals surface area contributed by atoms with E-state index >= 15 is 0 Å². The number of ether oxygens (including phenoxy) is 1. The number of imide groups is 1. The molecule has 154 valence electrons. The standard InChI is InChI=1S/C20H24N4O4S/c25-17-6-7-18(26)24(17)14-19(27)23(9-3-8-22-10-12-28-13-11-22)20-21-15-4-1-2-5-16(15)29-20/h1-2,4-5H,3,6-14H2/p+1. The first-order valence-corrected chi connectivity index (χ1v) is 10.8. The first-order chi connectivity index (χ1) is 14.1. The maximum atomic E-state index is 13.1. The molecule has 0 radical (unpaired) electrons. The molecule has 2 aromatic rings. The molecule has 0 unspecified atom stereocenters. The molecular formula is C20H25N4O4S+. The number of quaternary nitrogens is 1. The zero-order chi connectivity index (χ0) is 20.2. The number of likely N-dealkylation sites (tertiary alicyclic amines) is 1. The van der Waals surface area contributed by atoms with Crippen LogP contribution in [-0.2, 0) is 19.1 Å². The van der Waals surface area contributed by atoms with Crippen LogP contribution in [0.5, 0.6) is 0 Å². The highest BCUT2D eigenvalue weighted by atomic mass is 32.1. The quantitative estimate of drug-likeness (QED) is 0.646. The Morgan fingerprint density at radius 1 is 1.17 bits per heavy atom. The Labute approximate surface area is 173 Å². The van der Waals surface area contributed by atoms with Gasteiger partial charge in [-0.3, -0.25) is 24.2 Å². The Morgan fingerprint density at radius 3 is 2.62 bits per heavy atom. The molecule has 3 amide bonds. The van der Waals surface area contributed by atoms with Crippen LogP contribution < -0.4 is 9.80 Å². The van der Waals surface area contributed by atoms with Crippen molar-refractivity contribution in [3.8, 4) is 0 Å². The summed E-state index contributed by atoms with van der Waals surface area (Å²) in [4.78, 5) is 45.8. The highest BCUT2D eigenvalue weighted by Gasteiger charge is 2.32. The molecule has 2 aliphatic heterocycles. The summed E-state index contributed by atoms with van der Waals surface area (Å²) in [7, 11) is 0. The predicted molar refractivity (Wildman–Crippen MR) is 109 cm³/mol. The number of carbonyl (C=O) groups is 3. The van der Waals surface area contributed by atoms with Crippen molar-refractivity contribution >= 4 is 44.4 Å². The minimum absolute atomic E-state index is 0.188. The second-order valence-corrected chi connectivity index (χ2v) is 8.36. The molecule has 2 aliphatic rings. The van der Waals surface area contributed by atoms with E-state index in [9.17, 15) is 14.4 Å². The van der Waals surface area contributed by atoms with Gasteiger partial charge < -0.3 is 9.64 Å². The van der Waals surface area contributed by atoms with Crippen LogP contribution in [0.1, 0.15) is 19.3 Å². The van der Waals surface area contributed by atoms with Gasteiger partial charge in [0.25, 0.3) is 0 Å². The van der Waals surface area contributed by atoms with Gasteiger partial charge in [-0.05, 0) is 12.1 Å². The number of benzene rings is 1. The van der Waals surface area contributed by atoms with Crippen LogP contribution in [-0.4, -0.2) is 73.5 Å². The third kappa shape index (κ3) is 4.63. The first-order valence-electron chi connectivity index (χ1n) is 10.0. The van der Waals surface area contributed by atoms with Gasteiger partial charge in [0, 0.05) is 25.8 Å². The van der Waals surface area contributed by atoms with Crippen molar-refractivity contribution in [3.05, 3.63) is 24.3 Å². The third-order valence-electron chi connectivity index (χ3n) is 5.37. The van der Waals surface area contributed by atoms with Crippen molar-refractivity contribution in [2.75, 3.05) is 50.8 Å². The summed E-state index contributed by atoms with van der Waals surface area (Å²) in [5, 5.41) is 0.618. The van der Waals surface area contributed by atoms with Crippen LogP contribution in [0.2, 0.25) is 0 Å². The molecule has 0 aliphatic carbocycles. The lowest BCUT2D eigenvalue weighted by Gasteiger charge is -2.26. The van der Waals surface area contributed by atoms with E-state index in [4.69, 9.17) is 4.74 Å². The molecule has 0 bridgehead atoms. The molecule has 4 rings (SSSR count). The summed E-state index contributed by atoms with van der Waals surface area (Å²) in [5.41, 5.74) is 0.845. The summed E-state index contributed by atoms with van der Waals surface area (Å²) < 4.78 is 6.41. The number of para-hydroxylation sites is 1. The Morgan fingerprint density at radius 2 is 1.90 bits per heavy atom. The van der Waals surface area contributed by atoms with Gasteiger partial charge in [-0.25, -0.2) is 4.98 Å². The average molecular weight is 418 g/mol. The van der Waals surface area contributed by atoms with Crippen molar-refractivity contribution < 1.29 is 24.0 Å². The van der Waals surface area contributed by atoms with Crippen molar-refractivity contribution in [3.63, 3.8) is 0 Å². The zero-order valence-corrected chi connectivity index (χ0v) is 17.1. The Bertz CT molecular complexity index is 860. The SMILES string of the molecule is O=C1CCC(=O)N1CC(=O)N(CCC[NH+]1CCOCC1)c1nc2ccccc2s1. The van der Waals surface area contributed by atoms with Crippen molar-refractivity contribution in [1.29, 1.82) is 0 Å². The molecular weight excluding hydrogens is 392 g/mol. The Balaban J connectivity index is 1.48. The first kappa shape index (κ1) is 19.9. The molecule has 3 heterocycles. The van der Waals surface area contributed by atoms with E-state index in [1.54, 1.807) is 4.90 Å².